The molecule has 0 unspecified atom stereocenters. The number of benzene rings is 2. The summed E-state index contributed by atoms with van der Waals surface area (Å²) in [6.45, 7) is 2.04. The molecule has 1 fully saturated rings. The monoisotopic (exact) mass is 283 g/mol. The van der Waals surface area contributed by atoms with Gasteiger partial charge >= 0.3 is 6.03 Å². The van der Waals surface area contributed by atoms with Gasteiger partial charge in [-0.2, -0.15) is 0 Å². The van der Waals surface area contributed by atoms with Gasteiger partial charge in [-0.15, -0.1) is 0 Å². The predicted molar refractivity (Wildman–Crippen MR) is 82.6 cm³/mol. The molecule has 1 saturated heterocycles. The highest BCUT2D eigenvalue weighted by molar-refractivity contribution is 5.94. The number of nitrogens with zero attached hydrogens (tertiary/aromatic N) is 1. The number of carbonyl (C=O) groups excluding carboxylic acids is 1. The molecule has 0 atom stereocenters. The van der Waals surface area contributed by atoms with Crippen LogP contribution in [0.2, 0.25) is 0 Å². The molecule has 108 valence electrons. The van der Waals surface area contributed by atoms with E-state index < -0.39 is 0 Å². The van der Waals surface area contributed by atoms with Gasteiger partial charge in [-0.25, -0.2) is 4.79 Å². The van der Waals surface area contributed by atoms with Crippen LogP contribution in [0.3, 0.4) is 0 Å². The number of hydrogen-bond acceptors (Lipinski definition) is 3. The summed E-state index contributed by atoms with van der Waals surface area (Å²) in [7, 11) is 0. The molecule has 0 spiro atoms. The highest BCUT2D eigenvalue weighted by Gasteiger charge is 2.20. The largest absolute Gasteiger partial charge is 0.508 e. The van der Waals surface area contributed by atoms with E-state index in [1.165, 1.54) is 0 Å². The van der Waals surface area contributed by atoms with Crippen molar-refractivity contribution in [3.05, 3.63) is 54.1 Å². The second-order valence-electron chi connectivity index (χ2n) is 4.95. The Morgan fingerprint density at radius 3 is 2.71 bits per heavy atom. The average molecular weight is 283 g/mol. The Hall–Kier alpha value is -2.69. The van der Waals surface area contributed by atoms with Gasteiger partial charge in [-0.1, -0.05) is 18.2 Å². The lowest BCUT2D eigenvalue weighted by atomic mass is 10.2. The molecule has 21 heavy (non-hydrogen) atoms. The number of phenols is 1. The molecule has 3 rings (SSSR count). The summed E-state index contributed by atoms with van der Waals surface area (Å²) in [5, 5.41) is 15.4. The van der Waals surface area contributed by atoms with Gasteiger partial charge in [0.15, 0.2) is 0 Å². The van der Waals surface area contributed by atoms with Crippen molar-refractivity contribution in [3.63, 3.8) is 0 Å². The van der Waals surface area contributed by atoms with E-state index in [0.717, 1.165) is 16.9 Å². The molecule has 1 heterocycles. The number of anilines is 2. The summed E-state index contributed by atoms with van der Waals surface area (Å²) < 4.78 is 0. The molecule has 0 aromatic heterocycles. The van der Waals surface area contributed by atoms with Crippen molar-refractivity contribution in [3.8, 4) is 5.75 Å². The number of urea groups is 1. The van der Waals surface area contributed by atoms with Gasteiger partial charge in [0, 0.05) is 31.0 Å². The van der Waals surface area contributed by atoms with Crippen molar-refractivity contribution in [2.75, 3.05) is 23.3 Å². The number of carbonyl (C=O) groups is 1. The lowest BCUT2D eigenvalue weighted by Crippen LogP contribution is -2.27. The summed E-state index contributed by atoms with van der Waals surface area (Å²) in [6, 6.07) is 14.8. The minimum atomic E-state index is -0.0503. The Balaban J connectivity index is 1.68. The maximum Gasteiger partial charge on any atom is 0.321 e. The third kappa shape index (κ3) is 3.08. The molecule has 2 aromatic rings. The molecule has 5 nitrogen and oxygen atoms in total. The van der Waals surface area contributed by atoms with Crippen molar-refractivity contribution < 1.29 is 9.90 Å². The van der Waals surface area contributed by atoms with Crippen LogP contribution in [0, 0.1) is 0 Å². The zero-order valence-corrected chi connectivity index (χ0v) is 11.5. The van der Waals surface area contributed by atoms with E-state index in [9.17, 15) is 9.90 Å². The Kier molecular flexibility index (Phi) is 3.64. The fourth-order valence-corrected chi connectivity index (χ4v) is 2.32. The van der Waals surface area contributed by atoms with Crippen LogP contribution in [-0.2, 0) is 6.54 Å². The van der Waals surface area contributed by atoms with Crippen LogP contribution in [0.15, 0.2) is 48.5 Å². The number of amides is 2. The van der Waals surface area contributed by atoms with Gasteiger partial charge in [-0.3, -0.25) is 4.90 Å². The van der Waals surface area contributed by atoms with Gasteiger partial charge < -0.3 is 15.7 Å². The van der Waals surface area contributed by atoms with Gasteiger partial charge in [0.05, 0.1) is 0 Å². The van der Waals surface area contributed by atoms with E-state index >= 15 is 0 Å². The molecule has 0 saturated carbocycles. The molecule has 0 bridgehead atoms. The Bertz CT molecular complexity index is 640. The normalized spacial score (nSPS) is 14.1. The fourth-order valence-electron chi connectivity index (χ4n) is 2.32. The van der Waals surface area contributed by atoms with Crippen LogP contribution in [0.25, 0.3) is 0 Å². The SMILES string of the molecule is O=C1NCCN1c1cccc(NCc2ccc(O)cc2)c1. The average Bonchev–Trinajstić information content (AvgIpc) is 2.93. The van der Waals surface area contributed by atoms with Gasteiger partial charge in [-0.05, 0) is 35.9 Å². The predicted octanol–water partition coefficient (Wildman–Crippen LogP) is 2.53. The van der Waals surface area contributed by atoms with Gasteiger partial charge in [0.25, 0.3) is 0 Å². The van der Waals surface area contributed by atoms with Crippen LogP contribution in [0.5, 0.6) is 5.75 Å². The third-order valence-corrected chi connectivity index (χ3v) is 3.45. The van der Waals surface area contributed by atoms with E-state index in [4.69, 9.17) is 0 Å². The smallest absolute Gasteiger partial charge is 0.321 e. The molecule has 2 amide bonds. The molecule has 1 aliphatic heterocycles. The maximum absolute atomic E-state index is 11.7. The summed E-state index contributed by atoms with van der Waals surface area (Å²) in [4.78, 5) is 13.4. The van der Waals surface area contributed by atoms with Crippen molar-refractivity contribution >= 4 is 17.4 Å². The molecule has 5 heteroatoms. The number of nitrogens with one attached hydrogen (secondary N) is 2. The molecule has 1 aliphatic rings. The summed E-state index contributed by atoms with van der Waals surface area (Å²) in [6.07, 6.45) is 0. The number of hydrogen-bond donors (Lipinski definition) is 3. The second-order valence-corrected chi connectivity index (χ2v) is 4.95. The van der Waals surface area contributed by atoms with Gasteiger partial charge in [0.2, 0.25) is 0 Å². The molecular weight excluding hydrogens is 266 g/mol. The van der Waals surface area contributed by atoms with Crippen molar-refractivity contribution in [2.24, 2.45) is 0 Å². The molecule has 3 N–H and O–H groups in total. The van der Waals surface area contributed by atoms with Crippen molar-refractivity contribution in [1.29, 1.82) is 0 Å². The second kappa shape index (κ2) is 5.75. The summed E-state index contributed by atoms with van der Waals surface area (Å²) in [5.74, 6) is 0.265. The first-order valence-corrected chi connectivity index (χ1v) is 6.89. The van der Waals surface area contributed by atoms with Crippen molar-refractivity contribution in [1.82, 2.24) is 5.32 Å². The summed E-state index contributed by atoms with van der Waals surface area (Å²) in [5.41, 5.74) is 2.93. The first-order valence-electron chi connectivity index (χ1n) is 6.89. The zero-order chi connectivity index (χ0) is 14.7. The first kappa shape index (κ1) is 13.3. The standard InChI is InChI=1S/C16H17N3O2/c20-15-6-4-12(5-7-15)11-18-13-2-1-3-14(10-13)19-9-8-17-16(19)21/h1-7,10,18,20H,8-9,11H2,(H,17,21). The Morgan fingerprint density at radius 2 is 2.00 bits per heavy atom. The van der Waals surface area contributed by atoms with Gasteiger partial charge in [0.1, 0.15) is 5.75 Å². The Morgan fingerprint density at radius 1 is 1.19 bits per heavy atom. The van der Waals surface area contributed by atoms with Crippen LogP contribution >= 0.6 is 0 Å². The number of rotatable bonds is 4. The lowest BCUT2D eigenvalue weighted by molar-refractivity contribution is 0.252. The van der Waals surface area contributed by atoms with Crippen LogP contribution in [0.4, 0.5) is 16.2 Å². The molecular formula is C16H17N3O2. The first-order chi connectivity index (χ1) is 10.2. The molecule has 0 aliphatic carbocycles. The highest BCUT2D eigenvalue weighted by atomic mass is 16.3. The zero-order valence-electron chi connectivity index (χ0n) is 11.5. The highest BCUT2D eigenvalue weighted by Crippen LogP contribution is 2.21. The van der Waals surface area contributed by atoms with Crippen LogP contribution in [0.1, 0.15) is 5.56 Å². The van der Waals surface area contributed by atoms with E-state index in [2.05, 4.69) is 10.6 Å². The van der Waals surface area contributed by atoms with E-state index in [1.54, 1.807) is 17.0 Å². The Labute approximate surface area is 123 Å². The van der Waals surface area contributed by atoms with E-state index in [1.807, 2.05) is 36.4 Å². The fraction of sp³-hybridized carbons (Fsp3) is 0.188. The van der Waals surface area contributed by atoms with Crippen molar-refractivity contribution in [2.45, 2.75) is 6.54 Å². The minimum absolute atomic E-state index is 0.0503. The van der Waals surface area contributed by atoms with Crippen LogP contribution in [-0.4, -0.2) is 24.2 Å². The minimum Gasteiger partial charge on any atom is -0.508 e. The maximum atomic E-state index is 11.7. The van der Waals surface area contributed by atoms with E-state index in [0.29, 0.717) is 19.6 Å². The summed E-state index contributed by atoms with van der Waals surface area (Å²) >= 11 is 0. The number of phenolic OH excluding ortho intramolecular Hbond substituents is 1. The molecule has 0 radical (unpaired) electrons. The number of aromatic hydroxyl groups is 1. The molecule has 2 aromatic carbocycles. The quantitative estimate of drug-likeness (QED) is 0.808. The van der Waals surface area contributed by atoms with Crippen LogP contribution < -0.4 is 15.5 Å². The van der Waals surface area contributed by atoms with E-state index in [-0.39, 0.29) is 11.8 Å². The lowest BCUT2D eigenvalue weighted by Gasteiger charge is -2.16. The topological polar surface area (TPSA) is 64.6 Å². The third-order valence-electron chi connectivity index (χ3n) is 3.45.